The lowest BCUT2D eigenvalue weighted by atomic mass is 9.81. The van der Waals surface area contributed by atoms with Crippen LogP contribution < -0.4 is 10.9 Å². The Morgan fingerprint density at radius 2 is 1.92 bits per heavy atom. The summed E-state index contributed by atoms with van der Waals surface area (Å²) < 4.78 is 1.29. The molecule has 0 aliphatic heterocycles. The van der Waals surface area contributed by atoms with E-state index in [1.165, 1.54) is 4.57 Å². The number of aliphatic carboxylic acids is 1. The summed E-state index contributed by atoms with van der Waals surface area (Å²) in [5, 5.41) is 12.7. The Morgan fingerprint density at radius 1 is 1.24 bits per heavy atom. The van der Waals surface area contributed by atoms with Crippen molar-refractivity contribution in [2.45, 2.75) is 51.1 Å². The Hall–Kier alpha value is -2.70. The molecular formula is C18H21N3O4. The number of fused-ring (bicyclic) bond motifs is 1. The number of carbonyl (C=O) groups excluding carboxylic acids is 1. The smallest absolute Gasteiger partial charge is 0.329 e. The van der Waals surface area contributed by atoms with Crippen LogP contribution in [0.1, 0.15) is 37.9 Å². The third kappa shape index (κ3) is 3.26. The number of aromatic nitrogens is 2. The molecule has 0 bridgehead atoms. The molecule has 1 saturated carbocycles. The lowest BCUT2D eigenvalue weighted by Gasteiger charge is -2.34. The Labute approximate surface area is 144 Å². The van der Waals surface area contributed by atoms with Crippen LogP contribution in [0.3, 0.4) is 0 Å². The largest absolute Gasteiger partial charge is 0.480 e. The van der Waals surface area contributed by atoms with Crippen LogP contribution in [-0.4, -0.2) is 32.1 Å². The third-order valence-electron chi connectivity index (χ3n) is 4.85. The number of para-hydroxylation sites is 1. The minimum atomic E-state index is -1.23. The number of amides is 1. The van der Waals surface area contributed by atoms with Gasteiger partial charge >= 0.3 is 5.97 Å². The van der Waals surface area contributed by atoms with Crippen LogP contribution in [0.5, 0.6) is 0 Å². The van der Waals surface area contributed by atoms with E-state index < -0.39 is 17.4 Å². The van der Waals surface area contributed by atoms with Crippen molar-refractivity contribution in [2.75, 3.05) is 0 Å². The molecule has 0 unspecified atom stereocenters. The van der Waals surface area contributed by atoms with E-state index in [2.05, 4.69) is 10.3 Å². The molecule has 1 fully saturated rings. The first-order valence-corrected chi connectivity index (χ1v) is 8.43. The standard InChI is InChI=1S/C18H21N3O4/c1-12-19-14-8-4-3-7-13(14)16(23)21(12)11-15(22)20-18(17(24)25)9-5-2-6-10-18/h3-4,7-8H,2,5-6,9-11H2,1H3,(H,20,22)(H,24,25). The highest BCUT2D eigenvalue weighted by atomic mass is 16.4. The number of hydrogen-bond acceptors (Lipinski definition) is 4. The van der Waals surface area contributed by atoms with Crippen molar-refractivity contribution in [1.82, 2.24) is 14.9 Å². The summed E-state index contributed by atoms with van der Waals surface area (Å²) >= 11 is 0. The maximum Gasteiger partial charge on any atom is 0.329 e. The highest BCUT2D eigenvalue weighted by Gasteiger charge is 2.40. The molecule has 1 amide bonds. The summed E-state index contributed by atoms with van der Waals surface area (Å²) in [4.78, 5) is 41.1. The fraction of sp³-hybridized carbons (Fsp3) is 0.444. The number of hydrogen-bond donors (Lipinski definition) is 2. The average molecular weight is 343 g/mol. The Balaban J connectivity index is 1.87. The van der Waals surface area contributed by atoms with Gasteiger partial charge in [0.15, 0.2) is 0 Å². The quantitative estimate of drug-likeness (QED) is 0.878. The van der Waals surface area contributed by atoms with Crippen molar-refractivity contribution in [3.05, 3.63) is 40.4 Å². The lowest BCUT2D eigenvalue weighted by Crippen LogP contribution is -2.56. The molecule has 1 aliphatic carbocycles. The molecule has 1 aliphatic rings. The molecule has 7 nitrogen and oxygen atoms in total. The van der Waals surface area contributed by atoms with Gasteiger partial charge in [0, 0.05) is 0 Å². The van der Waals surface area contributed by atoms with E-state index in [0.717, 1.165) is 19.3 Å². The molecule has 1 aromatic heterocycles. The summed E-state index contributed by atoms with van der Waals surface area (Å²) in [7, 11) is 0. The van der Waals surface area contributed by atoms with Crippen molar-refractivity contribution < 1.29 is 14.7 Å². The van der Waals surface area contributed by atoms with E-state index in [1.807, 2.05) is 0 Å². The third-order valence-corrected chi connectivity index (χ3v) is 4.85. The van der Waals surface area contributed by atoms with E-state index in [1.54, 1.807) is 31.2 Å². The van der Waals surface area contributed by atoms with E-state index in [0.29, 0.717) is 29.6 Å². The van der Waals surface area contributed by atoms with Crippen LogP contribution in [0, 0.1) is 6.92 Å². The Kier molecular flexibility index (Phi) is 4.57. The number of nitrogens with one attached hydrogen (secondary N) is 1. The highest BCUT2D eigenvalue weighted by Crippen LogP contribution is 2.28. The Bertz CT molecular complexity index is 882. The zero-order valence-corrected chi connectivity index (χ0v) is 14.1. The van der Waals surface area contributed by atoms with Gasteiger partial charge in [0.2, 0.25) is 5.91 Å². The zero-order valence-electron chi connectivity index (χ0n) is 14.1. The zero-order chi connectivity index (χ0) is 18.0. The second-order valence-electron chi connectivity index (χ2n) is 6.56. The molecule has 25 heavy (non-hydrogen) atoms. The molecule has 2 aromatic rings. The normalized spacial score (nSPS) is 16.5. The van der Waals surface area contributed by atoms with Crippen LogP contribution in [0.4, 0.5) is 0 Å². The maximum absolute atomic E-state index is 12.6. The number of nitrogens with zero attached hydrogens (tertiary/aromatic N) is 2. The van der Waals surface area contributed by atoms with Crippen molar-refractivity contribution in [3.63, 3.8) is 0 Å². The van der Waals surface area contributed by atoms with E-state index in [9.17, 15) is 19.5 Å². The number of carboxylic acid groups (broad SMARTS) is 1. The van der Waals surface area contributed by atoms with Gasteiger partial charge in [0.05, 0.1) is 10.9 Å². The first-order chi connectivity index (χ1) is 11.9. The van der Waals surface area contributed by atoms with Gasteiger partial charge in [0.25, 0.3) is 5.56 Å². The van der Waals surface area contributed by atoms with Crippen LogP contribution in [0.25, 0.3) is 10.9 Å². The summed E-state index contributed by atoms with van der Waals surface area (Å²) in [6.07, 6.45) is 3.33. The number of carbonyl (C=O) groups is 2. The first kappa shape index (κ1) is 17.1. The number of rotatable bonds is 4. The molecule has 7 heteroatoms. The maximum atomic E-state index is 12.6. The van der Waals surface area contributed by atoms with Crippen LogP contribution >= 0.6 is 0 Å². The van der Waals surface area contributed by atoms with E-state index in [4.69, 9.17) is 0 Å². The Morgan fingerprint density at radius 3 is 2.60 bits per heavy atom. The summed E-state index contributed by atoms with van der Waals surface area (Å²) in [6.45, 7) is 1.42. The molecule has 0 spiro atoms. The van der Waals surface area contributed by atoms with Gasteiger partial charge in [-0.25, -0.2) is 9.78 Å². The van der Waals surface area contributed by atoms with Crippen LogP contribution in [0.15, 0.2) is 29.1 Å². The summed E-state index contributed by atoms with van der Waals surface area (Å²) in [5.74, 6) is -1.07. The molecule has 0 radical (unpaired) electrons. The van der Waals surface area contributed by atoms with Crippen LogP contribution in [0.2, 0.25) is 0 Å². The fourth-order valence-corrected chi connectivity index (χ4v) is 3.46. The van der Waals surface area contributed by atoms with Gasteiger partial charge in [-0.2, -0.15) is 0 Å². The van der Waals surface area contributed by atoms with Gasteiger partial charge < -0.3 is 10.4 Å². The average Bonchev–Trinajstić information content (AvgIpc) is 2.59. The first-order valence-electron chi connectivity index (χ1n) is 8.43. The molecule has 1 aromatic carbocycles. The number of carboxylic acids is 1. The summed E-state index contributed by atoms with van der Waals surface area (Å²) in [5.41, 5.74) is -0.945. The fourth-order valence-electron chi connectivity index (χ4n) is 3.46. The van der Waals surface area contributed by atoms with Crippen molar-refractivity contribution >= 4 is 22.8 Å². The van der Waals surface area contributed by atoms with Crippen molar-refractivity contribution in [3.8, 4) is 0 Å². The molecule has 0 saturated heterocycles. The van der Waals surface area contributed by atoms with E-state index >= 15 is 0 Å². The molecule has 0 atom stereocenters. The van der Waals surface area contributed by atoms with Gasteiger partial charge in [-0.05, 0) is 31.9 Å². The molecular weight excluding hydrogens is 322 g/mol. The summed E-state index contributed by atoms with van der Waals surface area (Å²) in [6, 6.07) is 6.95. The highest BCUT2D eigenvalue weighted by molar-refractivity contribution is 5.87. The van der Waals surface area contributed by atoms with Gasteiger partial charge in [-0.15, -0.1) is 0 Å². The minimum Gasteiger partial charge on any atom is -0.480 e. The van der Waals surface area contributed by atoms with Crippen molar-refractivity contribution in [1.29, 1.82) is 0 Å². The van der Waals surface area contributed by atoms with Gasteiger partial charge in [0.1, 0.15) is 17.9 Å². The van der Waals surface area contributed by atoms with Crippen molar-refractivity contribution in [2.24, 2.45) is 0 Å². The monoisotopic (exact) mass is 343 g/mol. The molecule has 132 valence electrons. The second kappa shape index (κ2) is 6.66. The minimum absolute atomic E-state index is 0.239. The van der Waals surface area contributed by atoms with Gasteiger partial charge in [-0.3, -0.25) is 14.2 Å². The molecule has 1 heterocycles. The lowest BCUT2D eigenvalue weighted by molar-refractivity contribution is -0.149. The molecule has 2 N–H and O–H groups in total. The predicted octanol–water partition coefficient (Wildman–Crippen LogP) is 1.61. The number of benzene rings is 1. The SMILES string of the molecule is Cc1nc2ccccc2c(=O)n1CC(=O)NC1(C(=O)O)CCCCC1. The topological polar surface area (TPSA) is 101 Å². The number of aryl methyl sites for hydroxylation is 1. The molecule has 3 rings (SSSR count). The van der Waals surface area contributed by atoms with Crippen LogP contribution in [-0.2, 0) is 16.1 Å². The van der Waals surface area contributed by atoms with E-state index in [-0.39, 0.29) is 12.1 Å². The van der Waals surface area contributed by atoms with Gasteiger partial charge in [-0.1, -0.05) is 31.4 Å². The second-order valence-corrected chi connectivity index (χ2v) is 6.56. The predicted molar refractivity (Wildman–Crippen MR) is 92.3 cm³/mol.